The number of alkyl halides is 1. The molecule has 0 atom stereocenters. The van der Waals surface area contributed by atoms with Crippen molar-refractivity contribution in [1.82, 2.24) is 0 Å². The van der Waals surface area contributed by atoms with Crippen molar-refractivity contribution >= 4 is 69.0 Å². The fourth-order valence-corrected chi connectivity index (χ4v) is 5.59. The summed E-state index contributed by atoms with van der Waals surface area (Å²) in [5.41, 5.74) is 1.33. The zero-order chi connectivity index (χ0) is 17.0. The molecular weight excluding hydrogens is 392 g/mol. The molecule has 0 bridgehead atoms. The summed E-state index contributed by atoms with van der Waals surface area (Å²) in [4.78, 5) is 13.4. The van der Waals surface area contributed by atoms with Gasteiger partial charge < -0.3 is 0 Å². The Kier molecular flexibility index (Phi) is 3.40. The van der Waals surface area contributed by atoms with Crippen LogP contribution >= 0.6 is 27.3 Å². The summed E-state index contributed by atoms with van der Waals surface area (Å²) >= 11 is 5.39. The Morgan fingerprint density at radius 2 is 1.40 bits per heavy atom. The van der Waals surface area contributed by atoms with Crippen LogP contribution in [-0.4, -0.2) is 0 Å². The molecule has 0 N–H and O–H groups in total. The molecule has 120 valence electrons. The molecule has 0 aliphatic rings. The lowest BCUT2D eigenvalue weighted by molar-refractivity contribution is 1.52. The van der Waals surface area contributed by atoms with Crippen molar-refractivity contribution in [3.63, 3.8) is 0 Å². The van der Waals surface area contributed by atoms with Gasteiger partial charge >= 0.3 is 0 Å². The predicted octanol–water partition coefficient (Wildman–Crippen LogP) is 6.62. The quantitative estimate of drug-likeness (QED) is 0.287. The second-order valence-corrected chi connectivity index (χ2v) is 7.80. The minimum Gasteiger partial charge on any atom is -0.289 e. The van der Waals surface area contributed by atoms with Crippen LogP contribution in [0.5, 0.6) is 0 Å². The average molecular weight is 405 g/mol. The first-order chi connectivity index (χ1) is 12.3. The summed E-state index contributed by atoms with van der Waals surface area (Å²) in [5.74, 6) is 0. The highest BCUT2D eigenvalue weighted by atomic mass is 79.9. The lowest BCUT2D eigenvalue weighted by Crippen LogP contribution is -2.01. The molecule has 0 saturated heterocycles. The van der Waals surface area contributed by atoms with Crippen LogP contribution in [0.4, 0.5) is 0 Å². The van der Waals surface area contributed by atoms with E-state index in [1.807, 2.05) is 24.3 Å². The highest BCUT2D eigenvalue weighted by molar-refractivity contribution is 9.08. The molecule has 0 amide bonds. The second kappa shape index (κ2) is 5.65. The van der Waals surface area contributed by atoms with Crippen LogP contribution in [0.3, 0.4) is 0 Å². The van der Waals surface area contributed by atoms with Gasteiger partial charge in [0.25, 0.3) is 0 Å². The summed E-state index contributed by atoms with van der Waals surface area (Å²) in [6, 6.07) is 22.6. The van der Waals surface area contributed by atoms with E-state index < -0.39 is 0 Å². The zero-order valence-electron chi connectivity index (χ0n) is 13.3. The monoisotopic (exact) mass is 404 g/mol. The first-order valence-corrected chi connectivity index (χ1v) is 10.1. The molecular formula is C22H13BrOS. The van der Waals surface area contributed by atoms with Crippen molar-refractivity contribution in [3.05, 3.63) is 82.5 Å². The molecule has 0 aliphatic heterocycles. The lowest BCUT2D eigenvalue weighted by atomic mass is 10.0. The molecule has 5 aromatic rings. The van der Waals surface area contributed by atoms with Gasteiger partial charge in [0.05, 0.1) is 0 Å². The first kappa shape index (κ1) is 15.1. The molecule has 1 nitrogen and oxygen atoms in total. The van der Waals surface area contributed by atoms with Gasteiger partial charge in [-0.15, -0.1) is 11.3 Å². The normalized spacial score (nSPS) is 11.7. The molecule has 0 fully saturated rings. The molecule has 25 heavy (non-hydrogen) atoms. The van der Waals surface area contributed by atoms with Gasteiger partial charge in [0.1, 0.15) is 0 Å². The number of hydrogen-bond acceptors (Lipinski definition) is 2. The largest absolute Gasteiger partial charge is 0.289 e. The standard InChI is InChI=1S/C22H13BrOS/c23-12-15-11-10-14-5-2-8-17-20(14)22(15)25-18-9-3-6-13-4-1-7-16(19(13)18)21(17)24/h1-11H,12H2. The minimum absolute atomic E-state index is 0.108. The van der Waals surface area contributed by atoms with Gasteiger partial charge in [0.2, 0.25) is 0 Å². The number of hydrogen-bond donors (Lipinski definition) is 0. The van der Waals surface area contributed by atoms with E-state index >= 15 is 0 Å². The van der Waals surface area contributed by atoms with Crippen LogP contribution in [0.1, 0.15) is 5.56 Å². The molecule has 0 spiro atoms. The van der Waals surface area contributed by atoms with Crippen LogP contribution in [0, 0.1) is 0 Å². The Balaban J connectivity index is 2.25. The van der Waals surface area contributed by atoms with Gasteiger partial charge in [-0.2, -0.15) is 0 Å². The van der Waals surface area contributed by atoms with Gasteiger partial charge in [0, 0.05) is 36.3 Å². The zero-order valence-corrected chi connectivity index (χ0v) is 15.7. The van der Waals surface area contributed by atoms with E-state index in [1.165, 1.54) is 10.3 Å². The van der Waals surface area contributed by atoms with Crippen molar-refractivity contribution in [2.45, 2.75) is 5.33 Å². The molecule has 1 aromatic heterocycles. The van der Waals surface area contributed by atoms with E-state index in [4.69, 9.17) is 0 Å². The second-order valence-electron chi connectivity index (χ2n) is 6.18. The predicted molar refractivity (Wildman–Crippen MR) is 113 cm³/mol. The maximum Gasteiger partial charge on any atom is 0.194 e. The summed E-state index contributed by atoms with van der Waals surface area (Å²) in [6.07, 6.45) is 0. The summed E-state index contributed by atoms with van der Waals surface area (Å²) in [7, 11) is 0. The summed E-state index contributed by atoms with van der Waals surface area (Å²) < 4.78 is 2.32. The Hall–Kier alpha value is -2.23. The highest BCUT2D eigenvalue weighted by Crippen LogP contribution is 2.35. The Bertz CT molecular complexity index is 1350. The molecule has 3 heteroatoms. The van der Waals surface area contributed by atoms with Crippen LogP contribution in [0.15, 0.2) is 71.5 Å². The SMILES string of the molecule is O=c1c2cccc3cccc(sc4c(CBr)ccc5cccc1c54)c32. The number of rotatable bonds is 1. The average Bonchev–Trinajstić information content (AvgIpc) is 2.66. The minimum atomic E-state index is 0.108. The van der Waals surface area contributed by atoms with Crippen molar-refractivity contribution in [3.8, 4) is 0 Å². The Morgan fingerprint density at radius 3 is 2.12 bits per heavy atom. The third-order valence-electron chi connectivity index (χ3n) is 4.79. The lowest BCUT2D eigenvalue weighted by Gasteiger charge is -2.09. The van der Waals surface area contributed by atoms with Gasteiger partial charge in [-0.3, -0.25) is 4.79 Å². The van der Waals surface area contributed by atoms with E-state index in [2.05, 4.69) is 58.4 Å². The summed E-state index contributed by atoms with van der Waals surface area (Å²) in [5, 5.41) is 6.72. The topological polar surface area (TPSA) is 17.1 Å². The molecule has 0 unspecified atom stereocenters. The van der Waals surface area contributed by atoms with Gasteiger partial charge in [-0.25, -0.2) is 0 Å². The van der Waals surface area contributed by atoms with Gasteiger partial charge in [-0.05, 0) is 22.4 Å². The molecule has 0 radical (unpaired) electrons. The van der Waals surface area contributed by atoms with Gasteiger partial charge in [-0.1, -0.05) is 76.6 Å². The highest BCUT2D eigenvalue weighted by Gasteiger charge is 2.11. The van der Waals surface area contributed by atoms with Crippen LogP contribution in [0.25, 0.3) is 41.7 Å². The van der Waals surface area contributed by atoms with Gasteiger partial charge in [0.15, 0.2) is 5.43 Å². The molecule has 0 aliphatic carbocycles. The first-order valence-electron chi connectivity index (χ1n) is 8.13. The third-order valence-corrected chi connectivity index (χ3v) is 6.63. The van der Waals surface area contributed by atoms with Crippen molar-refractivity contribution in [1.29, 1.82) is 0 Å². The third kappa shape index (κ3) is 2.16. The number of halogens is 1. The van der Waals surface area contributed by atoms with E-state index in [0.717, 1.165) is 42.3 Å². The molecule has 0 saturated carbocycles. The van der Waals surface area contributed by atoms with E-state index in [9.17, 15) is 4.79 Å². The maximum absolute atomic E-state index is 13.4. The summed E-state index contributed by atoms with van der Waals surface area (Å²) in [6.45, 7) is 0. The van der Waals surface area contributed by atoms with Crippen LogP contribution in [-0.2, 0) is 5.33 Å². The van der Waals surface area contributed by atoms with E-state index in [1.54, 1.807) is 11.3 Å². The van der Waals surface area contributed by atoms with Crippen LogP contribution < -0.4 is 5.43 Å². The fourth-order valence-electron chi connectivity index (χ4n) is 3.64. The Morgan fingerprint density at radius 1 is 0.760 bits per heavy atom. The molecule has 5 rings (SSSR count). The van der Waals surface area contributed by atoms with Crippen molar-refractivity contribution in [2.75, 3.05) is 0 Å². The molecule has 4 aromatic carbocycles. The van der Waals surface area contributed by atoms with Crippen molar-refractivity contribution < 1.29 is 0 Å². The van der Waals surface area contributed by atoms with E-state index in [-0.39, 0.29) is 5.43 Å². The number of benzene rings is 4. The van der Waals surface area contributed by atoms with E-state index in [0.29, 0.717) is 0 Å². The van der Waals surface area contributed by atoms with Crippen LogP contribution in [0.2, 0.25) is 0 Å². The van der Waals surface area contributed by atoms with Crippen molar-refractivity contribution in [2.24, 2.45) is 0 Å². The smallest absolute Gasteiger partial charge is 0.194 e. The maximum atomic E-state index is 13.4. The fraction of sp³-hybridized carbons (Fsp3) is 0.0455. The Labute approximate surface area is 156 Å². The molecule has 1 heterocycles.